The van der Waals surface area contributed by atoms with E-state index in [1.54, 1.807) is 7.11 Å². The van der Waals surface area contributed by atoms with E-state index in [0.29, 0.717) is 5.92 Å². The number of methoxy groups -OCH3 is 1. The second kappa shape index (κ2) is 4.10. The number of ether oxygens (including phenoxy) is 1. The van der Waals surface area contributed by atoms with Gasteiger partial charge in [-0.3, -0.25) is 0 Å². The van der Waals surface area contributed by atoms with Gasteiger partial charge in [-0.05, 0) is 45.4 Å². The van der Waals surface area contributed by atoms with Crippen LogP contribution in [0.1, 0.15) is 37.3 Å². The number of fused-ring (bicyclic) bond motifs is 1. The van der Waals surface area contributed by atoms with Gasteiger partial charge in [0.1, 0.15) is 5.75 Å². The number of likely N-dealkylation sites (N-methyl/N-ethyl adjacent to an activating group) is 1. The molecule has 0 aliphatic heterocycles. The minimum absolute atomic E-state index is 0.125. The molecule has 0 radical (unpaired) electrons. The Morgan fingerprint density at radius 3 is 2.75 bits per heavy atom. The molecule has 0 spiro atoms. The summed E-state index contributed by atoms with van der Waals surface area (Å²) in [5.74, 6) is 1.59. The van der Waals surface area contributed by atoms with E-state index in [1.165, 1.54) is 24.0 Å². The molecule has 1 N–H and O–H groups in total. The third-order valence-electron chi connectivity index (χ3n) is 3.94. The van der Waals surface area contributed by atoms with Crippen molar-refractivity contribution < 1.29 is 4.74 Å². The predicted molar refractivity (Wildman–Crippen MR) is 67.2 cm³/mol. The summed E-state index contributed by atoms with van der Waals surface area (Å²) in [7, 11) is 3.80. The number of benzene rings is 1. The van der Waals surface area contributed by atoms with Crippen LogP contribution < -0.4 is 10.1 Å². The molecule has 2 heteroatoms. The van der Waals surface area contributed by atoms with Gasteiger partial charge in [-0.15, -0.1) is 0 Å². The van der Waals surface area contributed by atoms with Crippen molar-refractivity contribution in [1.29, 1.82) is 0 Å². The number of hydrogen-bond acceptors (Lipinski definition) is 2. The topological polar surface area (TPSA) is 21.3 Å². The second-order valence-electron chi connectivity index (χ2n) is 5.10. The van der Waals surface area contributed by atoms with Gasteiger partial charge in [0, 0.05) is 17.0 Å². The summed E-state index contributed by atoms with van der Waals surface area (Å²) < 4.78 is 5.50. The predicted octanol–water partition coefficient (Wildman–Crippen LogP) is 2.72. The molecule has 16 heavy (non-hydrogen) atoms. The van der Waals surface area contributed by atoms with Crippen molar-refractivity contribution in [2.45, 2.75) is 38.1 Å². The van der Waals surface area contributed by atoms with Crippen LogP contribution in [0.5, 0.6) is 5.75 Å². The number of hydrogen-bond donors (Lipinski definition) is 1. The van der Waals surface area contributed by atoms with Crippen molar-refractivity contribution in [2.24, 2.45) is 0 Å². The van der Waals surface area contributed by atoms with Crippen molar-refractivity contribution >= 4 is 0 Å². The molecule has 0 heterocycles. The van der Waals surface area contributed by atoms with E-state index < -0.39 is 0 Å². The van der Waals surface area contributed by atoms with Crippen molar-refractivity contribution in [3.8, 4) is 5.75 Å². The first kappa shape index (κ1) is 11.5. The van der Waals surface area contributed by atoms with Crippen LogP contribution >= 0.6 is 0 Å². The highest BCUT2D eigenvalue weighted by molar-refractivity contribution is 5.47. The number of rotatable bonds is 3. The highest BCUT2D eigenvalue weighted by atomic mass is 16.5. The lowest BCUT2D eigenvalue weighted by molar-refractivity contribution is 0.329. The fraction of sp³-hybridized carbons (Fsp3) is 0.571. The summed E-state index contributed by atoms with van der Waals surface area (Å²) in [6, 6.07) is 6.39. The molecule has 1 aromatic carbocycles. The van der Waals surface area contributed by atoms with Crippen LogP contribution in [0.4, 0.5) is 0 Å². The van der Waals surface area contributed by atoms with E-state index in [4.69, 9.17) is 4.74 Å². The quantitative estimate of drug-likeness (QED) is 0.844. The zero-order chi connectivity index (χ0) is 11.8. The summed E-state index contributed by atoms with van der Waals surface area (Å²) in [6.45, 7) is 4.53. The van der Waals surface area contributed by atoms with Crippen molar-refractivity contribution in [2.75, 3.05) is 14.2 Å². The third-order valence-corrected chi connectivity index (χ3v) is 3.94. The minimum Gasteiger partial charge on any atom is -0.496 e. The summed E-state index contributed by atoms with van der Waals surface area (Å²) in [4.78, 5) is 0. The number of aryl methyl sites for hydroxylation is 1. The monoisotopic (exact) mass is 219 g/mol. The van der Waals surface area contributed by atoms with Gasteiger partial charge in [-0.25, -0.2) is 0 Å². The molecule has 0 saturated heterocycles. The van der Waals surface area contributed by atoms with E-state index in [1.807, 2.05) is 7.05 Å². The molecule has 0 amide bonds. The van der Waals surface area contributed by atoms with E-state index in [0.717, 1.165) is 5.75 Å². The van der Waals surface area contributed by atoms with E-state index in [9.17, 15) is 0 Å². The molecule has 0 bridgehead atoms. The SMILES string of the molecule is CNC(C)(C)C1CCc2cccc(OC)c21. The van der Waals surface area contributed by atoms with Crippen LogP contribution in [0.15, 0.2) is 18.2 Å². The molecule has 1 aromatic rings. The molecule has 2 rings (SSSR count). The lowest BCUT2D eigenvalue weighted by Crippen LogP contribution is -2.41. The summed E-state index contributed by atoms with van der Waals surface area (Å²) in [6.07, 6.45) is 2.38. The van der Waals surface area contributed by atoms with Crippen molar-refractivity contribution in [3.05, 3.63) is 29.3 Å². The summed E-state index contributed by atoms with van der Waals surface area (Å²) in [5, 5.41) is 3.42. The van der Waals surface area contributed by atoms with Gasteiger partial charge in [0.2, 0.25) is 0 Å². The second-order valence-corrected chi connectivity index (χ2v) is 5.10. The fourth-order valence-electron chi connectivity index (χ4n) is 2.72. The molecule has 2 nitrogen and oxygen atoms in total. The van der Waals surface area contributed by atoms with E-state index in [2.05, 4.69) is 37.4 Å². The molecule has 0 aromatic heterocycles. The van der Waals surface area contributed by atoms with Gasteiger partial charge < -0.3 is 10.1 Å². The Labute approximate surface area is 98.0 Å². The molecule has 1 unspecified atom stereocenters. The molecule has 88 valence electrons. The average molecular weight is 219 g/mol. The Bertz CT molecular complexity index is 384. The van der Waals surface area contributed by atoms with Crippen molar-refractivity contribution in [3.63, 3.8) is 0 Å². The van der Waals surface area contributed by atoms with Crippen LogP contribution in [0.3, 0.4) is 0 Å². The zero-order valence-electron chi connectivity index (χ0n) is 10.6. The first-order chi connectivity index (χ1) is 7.60. The lowest BCUT2D eigenvalue weighted by atomic mass is 9.83. The van der Waals surface area contributed by atoms with Gasteiger partial charge >= 0.3 is 0 Å². The highest BCUT2D eigenvalue weighted by Crippen LogP contribution is 2.44. The Morgan fingerprint density at radius 1 is 1.38 bits per heavy atom. The standard InChI is InChI=1S/C14H21NO/c1-14(2,15-3)11-9-8-10-6-5-7-12(16-4)13(10)11/h5-7,11,15H,8-9H2,1-4H3. The maximum Gasteiger partial charge on any atom is 0.122 e. The van der Waals surface area contributed by atoms with Gasteiger partial charge in [0.15, 0.2) is 0 Å². The van der Waals surface area contributed by atoms with Crippen LogP contribution in [-0.4, -0.2) is 19.7 Å². The minimum atomic E-state index is 0.125. The third kappa shape index (κ3) is 1.71. The molecule has 1 aliphatic rings. The van der Waals surface area contributed by atoms with Gasteiger partial charge in [0.05, 0.1) is 7.11 Å². The van der Waals surface area contributed by atoms with Crippen molar-refractivity contribution in [1.82, 2.24) is 5.32 Å². The first-order valence-electron chi connectivity index (χ1n) is 5.95. The smallest absolute Gasteiger partial charge is 0.122 e. The highest BCUT2D eigenvalue weighted by Gasteiger charge is 2.36. The molecule has 1 atom stereocenters. The Hall–Kier alpha value is -1.02. The normalized spacial score (nSPS) is 19.6. The molecular formula is C14H21NO. The summed E-state index contributed by atoms with van der Waals surface area (Å²) >= 11 is 0. The number of nitrogens with one attached hydrogen (secondary N) is 1. The van der Waals surface area contributed by atoms with Crippen LogP contribution in [0.2, 0.25) is 0 Å². The zero-order valence-corrected chi connectivity index (χ0v) is 10.6. The Morgan fingerprint density at radius 2 is 2.12 bits per heavy atom. The van der Waals surface area contributed by atoms with Gasteiger partial charge in [-0.1, -0.05) is 12.1 Å². The summed E-state index contributed by atoms with van der Waals surface area (Å²) in [5.41, 5.74) is 2.98. The fourth-order valence-corrected chi connectivity index (χ4v) is 2.72. The van der Waals surface area contributed by atoms with Crippen LogP contribution in [0.25, 0.3) is 0 Å². The van der Waals surface area contributed by atoms with Gasteiger partial charge in [0.25, 0.3) is 0 Å². The Kier molecular flexibility index (Phi) is 2.94. The molecular weight excluding hydrogens is 198 g/mol. The Balaban J connectivity index is 2.45. The average Bonchev–Trinajstić information content (AvgIpc) is 2.73. The van der Waals surface area contributed by atoms with E-state index >= 15 is 0 Å². The maximum absolute atomic E-state index is 5.50. The lowest BCUT2D eigenvalue weighted by Gasteiger charge is -2.32. The van der Waals surface area contributed by atoms with Crippen LogP contribution in [0, 0.1) is 0 Å². The van der Waals surface area contributed by atoms with Crippen LogP contribution in [-0.2, 0) is 6.42 Å². The first-order valence-corrected chi connectivity index (χ1v) is 5.95. The van der Waals surface area contributed by atoms with Gasteiger partial charge in [-0.2, -0.15) is 0 Å². The van der Waals surface area contributed by atoms with E-state index in [-0.39, 0.29) is 5.54 Å². The largest absolute Gasteiger partial charge is 0.496 e. The molecule has 0 saturated carbocycles. The maximum atomic E-state index is 5.50. The molecule has 1 aliphatic carbocycles. The molecule has 0 fully saturated rings.